The highest BCUT2D eigenvalue weighted by molar-refractivity contribution is 5.98. The van der Waals surface area contributed by atoms with Crippen molar-refractivity contribution in [1.82, 2.24) is 10.2 Å². The Bertz CT molecular complexity index is 910. The number of rotatable bonds is 4. The molecule has 0 bridgehead atoms. The molecule has 2 fully saturated rings. The Labute approximate surface area is 171 Å². The van der Waals surface area contributed by atoms with E-state index in [1.54, 1.807) is 0 Å². The summed E-state index contributed by atoms with van der Waals surface area (Å²) in [5.74, 6) is 0.0991. The first-order valence-electron chi connectivity index (χ1n) is 10.3. The Morgan fingerprint density at radius 3 is 2.10 bits per heavy atom. The quantitative estimate of drug-likeness (QED) is 0.815. The summed E-state index contributed by atoms with van der Waals surface area (Å²) in [7, 11) is 0. The van der Waals surface area contributed by atoms with Crippen LogP contribution in [-0.2, 0) is 4.79 Å². The number of likely N-dealkylation sites (tertiary alicyclic amines) is 1. The lowest BCUT2D eigenvalue weighted by atomic mass is 9.88. The van der Waals surface area contributed by atoms with E-state index in [1.165, 1.54) is 0 Å². The number of ketones is 1. The lowest BCUT2D eigenvalue weighted by molar-refractivity contribution is -0.120. The van der Waals surface area contributed by atoms with Gasteiger partial charge in [0.15, 0.2) is 5.78 Å². The maximum absolute atomic E-state index is 12.8. The highest BCUT2D eigenvalue weighted by atomic mass is 16.2. The lowest BCUT2D eigenvalue weighted by Crippen LogP contribution is -2.40. The molecule has 2 aliphatic rings. The van der Waals surface area contributed by atoms with Gasteiger partial charge >= 0.3 is 0 Å². The van der Waals surface area contributed by atoms with Crippen LogP contribution in [0.1, 0.15) is 57.0 Å². The molecule has 5 nitrogen and oxygen atoms in total. The molecule has 5 heteroatoms. The maximum atomic E-state index is 12.8. The molecule has 2 aromatic carbocycles. The van der Waals surface area contributed by atoms with Crippen molar-refractivity contribution in [2.75, 3.05) is 19.6 Å². The van der Waals surface area contributed by atoms with Gasteiger partial charge in [-0.2, -0.15) is 0 Å². The van der Waals surface area contributed by atoms with Crippen LogP contribution in [0.4, 0.5) is 0 Å². The van der Waals surface area contributed by atoms with Gasteiger partial charge in [0.05, 0.1) is 5.92 Å². The normalized spacial score (nSPS) is 19.8. The molecular formula is C24H26N2O3. The minimum atomic E-state index is -0.109. The minimum absolute atomic E-state index is 0.00587. The van der Waals surface area contributed by atoms with Crippen molar-refractivity contribution in [1.29, 1.82) is 0 Å². The number of aryl methyl sites for hydroxylation is 1. The summed E-state index contributed by atoms with van der Waals surface area (Å²) in [6, 6.07) is 15.1. The summed E-state index contributed by atoms with van der Waals surface area (Å²) in [6.45, 7) is 3.90. The number of amides is 2. The molecule has 0 saturated carbocycles. The van der Waals surface area contributed by atoms with Gasteiger partial charge < -0.3 is 10.2 Å². The number of hydrogen-bond donors (Lipinski definition) is 1. The Kier molecular flexibility index (Phi) is 5.47. The second-order valence-corrected chi connectivity index (χ2v) is 8.05. The third-order valence-electron chi connectivity index (χ3n) is 6.10. The van der Waals surface area contributed by atoms with Crippen molar-refractivity contribution in [3.8, 4) is 0 Å². The number of carbonyl (C=O) groups excluding carboxylic acids is 3. The standard InChI is InChI=1S/C24H26N2O3/c1-16-2-4-18(5-3-16)22(27)19-11-14-26(15-12-19)24(29)20-8-6-17(7-9-20)21-10-13-25-23(21)28/h2-9,19,21H,10-15H2,1H3,(H,25,28). The van der Waals surface area contributed by atoms with Crippen molar-refractivity contribution >= 4 is 17.6 Å². The number of hydrogen-bond acceptors (Lipinski definition) is 3. The molecule has 4 rings (SSSR count). The summed E-state index contributed by atoms with van der Waals surface area (Å²) >= 11 is 0. The molecule has 2 saturated heterocycles. The zero-order valence-electron chi connectivity index (χ0n) is 16.7. The topological polar surface area (TPSA) is 66.5 Å². The van der Waals surface area contributed by atoms with Gasteiger partial charge in [0, 0.05) is 36.7 Å². The van der Waals surface area contributed by atoms with Crippen molar-refractivity contribution in [3.05, 3.63) is 70.8 Å². The number of Topliss-reactive ketones (excluding diaryl/α,β-unsaturated/α-hetero) is 1. The molecule has 1 atom stereocenters. The van der Waals surface area contributed by atoms with Crippen LogP contribution >= 0.6 is 0 Å². The van der Waals surface area contributed by atoms with E-state index in [0.717, 1.165) is 23.1 Å². The van der Waals surface area contributed by atoms with E-state index in [4.69, 9.17) is 0 Å². The molecule has 29 heavy (non-hydrogen) atoms. The van der Waals surface area contributed by atoms with Gasteiger partial charge in [-0.25, -0.2) is 0 Å². The van der Waals surface area contributed by atoms with Gasteiger partial charge in [-0.3, -0.25) is 14.4 Å². The molecule has 1 N–H and O–H groups in total. The van der Waals surface area contributed by atoms with Gasteiger partial charge in [-0.1, -0.05) is 42.0 Å². The highest BCUT2D eigenvalue weighted by Crippen LogP contribution is 2.26. The molecule has 1 unspecified atom stereocenters. The molecule has 0 radical (unpaired) electrons. The SMILES string of the molecule is Cc1ccc(C(=O)C2CCN(C(=O)c3ccc(C4CCNC4=O)cc3)CC2)cc1. The summed E-state index contributed by atoms with van der Waals surface area (Å²) in [6.07, 6.45) is 2.19. The molecule has 2 heterocycles. The minimum Gasteiger partial charge on any atom is -0.356 e. The van der Waals surface area contributed by atoms with Crippen LogP contribution in [0.25, 0.3) is 0 Å². The number of piperidine rings is 1. The fraction of sp³-hybridized carbons (Fsp3) is 0.375. The summed E-state index contributed by atoms with van der Waals surface area (Å²) in [4.78, 5) is 39.2. The number of carbonyl (C=O) groups is 3. The fourth-order valence-electron chi connectivity index (χ4n) is 4.25. The molecule has 0 aliphatic carbocycles. The smallest absolute Gasteiger partial charge is 0.253 e. The lowest BCUT2D eigenvalue weighted by Gasteiger charge is -2.31. The van der Waals surface area contributed by atoms with Crippen LogP contribution in [0.2, 0.25) is 0 Å². The Morgan fingerprint density at radius 1 is 0.897 bits per heavy atom. The summed E-state index contributed by atoms with van der Waals surface area (Å²) in [5, 5.41) is 2.84. The van der Waals surface area contributed by atoms with Gasteiger partial charge in [-0.15, -0.1) is 0 Å². The van der Waals surface area contributed by atoms with E-state index < -0.39 is 0 Å². The molecule has 2 aliphatic heterocycles. The Balaban J connectivity index is 1.35. The van der Waals surface area contributed by atoms with E-state index in [-0.39, 0.29) is 29.4 Å². The average Bonchev–Trinajstić information content (AvgIpc) is 3.19. The average molecular weight is 390 g/mol. The van der Waals surface area contributed by atoms with Crippen LogP contribution in [0.5, 0.6) is 0 Å². The summed E-state index contributed by atoms with van der Waals surface area (Å²) < 4.78 is 0. The largest absolute Gasteiger partial charge is 0.356 e. The monoisotopic (exact) mass is 390 g/mol. The van der Waals surface area contributed by atoms with Crippen molar-refractivity contribution in [2.24, 2.45) is 5.92 Å². The molecular weight excluding hydrogens is 364 g/mol. The van der Waals surface area contributed by atoms with Crippen LogP contribution in [0, 0.1) is 12.8 Å². The van der Waals surface area contributed by atoms with E-state index in [0.29, 0.717) is 38.0 Å². The zero-order chi connectivity index (χ0) is 20.4. The van der Waals surface area contributed by atoms with Gasteiger partial charge in [0.2, 0.25) is 5.91 Å². The first-order valence-corrected chi connectivity index (χ1v) is 10.3. The van der Waals surface area contributed by atoms with Crippen LogP contribution < -0.4 is 5.32 Å². The van der Waals surface area contributed by atoms with Crippen LogP contribution in [-0.4, -0.2) is 42.1 Å². The second-order valence-electron chi connectivity index (χ2n) is 8.05. The van der Waals surface area contributed by atoms with E-state index >= 15 is 0 Å². The predicted molar refractivity (Wildman–Crippen MR) is 111 cm³/mol. The third kappa shape index (κ3) is 4.09. The van der Waals surface area contributed by atoms with Crippen molar-refractivity contribution < 1.29 is 14.4 Å². The number of nitrogens with one attached hydrogen (secondary N) is 1. The summed E-state index contributed by atoms with van der Waals surface area (Å²) in [5.41, 5.74) is 3.49. The van der Waals surface area contributed by atoms with Gasteiger partial charge in [0.1, 0.15) is 0 Å². The molecule has 0 aromatic heterocycles. The number of benzene rings is 2. The second kappa shape index (κ2) is 8.19. The Hall–Kier alpha value is -2.95. The molecule has 2 aromatic rings. The zero-order valence-corrected chi connectivity index (χ0v) is 16.7. The third-order valence-corrected chi connectivity index (χ3v) is 6.10. The number of nitrogens with zero attached hydrogens (tertiary/aromatic N) is 1. The highest BCUT2D eigenvalue weighted by Gasteiger charge is 2.29. The molecule has 2 amide bonds. The first kappa shape index (κ1) is 19.4. The van der Waals surface area contributed by atoms with E-state index in [9.17, 15) is 14.4 Å². The van der Waals surface area contributed by atoms with Crippen LogP contribution in [0.3, 0.4) is 0 Å². The van der Waals surface area contributed by atoms with E-state index in [2.05, 4.69) is 5.32 Å². The molecule has 0 spiro atoms. The maximum Gasteiger partial charge on any atom is 0.253 e. The predicted octanol–water partition coefficient (Wildman–Crippen LogP) is 3.33. The van der Waals surface area contributed by atoms with Crippen molar-refractivity contribution in [2.45, 2.75) is 32.1 Å². The first-order chi connectivity index (χ1) is 14.0. The van der Waals surface area contributed by atoms with Crippen LogP contribution in [0.15, 0.2) is 48.5 Å². The van der Waals surface area contributed by atoms with Gasteiger partial charge in [0.25, 0.3) is 5.91 Å². The van der Waals surface area contributed by atoms with Crippen molar-refractivity contribution in [3.63, 3.8) is 0 Å². The van der Waals surface area contributed by atoms with Gasteiger partial charge in [-0.05, 0) is 43.9 Å². The Morgan fingerprint density at radius 2 is 1.52 bits per heavy atom. The van der Waals surface area contributed by atoms with E-state index in [1.807, 2.05) is 60.4 Å². The fourth-order valence-corrected chi connectivity index (χ4v) is 4.25. The molecule has 150 valence electrons.